The summed E-state index contributed by atoms with van der Waals surface area (Å²) in [7, 11) is 0. The lowest BCUT2D eigenvalue weighted by atomic mass is 9.79. The van der Waals surface area contributed by atoms with E-state index in [1.807, 2.05) is 36.5 Å². The number of anilines is 3. The van der Waals surface area contributed by atoms with Gasteiger partial charge in [-0.1, -0.05) is 32.0 Å². The van der Waals surface area contributed by atoms with Crippen molar-refractivity contribution < 1.29 is 4.79 Å². The van der Waals surface area contributed by atoms with Crippen LogP contribution in [0.1, 0.15) is 35.3 Å². The van der Waals surface area contributed by atoms with E-state index < -0.39 is 0 Å². The number of fused-ring (bicyclic) bond motifs is 2. The molecule has 1 amide bonds. The van der Waals surface area contributed by atoms with Gasteiger partial charge in [-0.3, -0.25) is 9.78 Å². The normalized spacial score (nSPS) is 14.6. The number of carbonyl (C=O) groups is 1. The lowest BCUT2D eigenvalue weighted by molar-refractivity contribution is 0.102. The number of nitrogens with zero attached hydrogens (tertiary/aromatic N) is 2. The molecule has 0 radical (unpaired) electrons. The predicted molar refractivity (Wildman–Crippen MR) is 128 cm³/mol. The second-order valence-electron chi connectivity index (χ2n) is 8.74. The third-order valence-electron chi connectivity index (χ3n) is 5.96. The van der Waals surface area contributed by atoms with Crippen molar-refractivity contribution in [2.24, 2.45) is 0 Å². The molecule has 1 aliphatic heterocycles. The summed E-state index contributed by atoms with van der Waals surface area (Å²) in [5.74, 6) is 0.306. The third kappa shape index (κ3) is 3.81. The van der Waals surface area contributed by atoms with Crippen molar-refractivity contribution in [2.75, 3.05) is 17.2 Å². The van der Waals surface area contributed by atoms with E-state index in [4.69, 9.17) is 0 Å². The van der Waals surface area contributed by atoms with Gasteiger partial charge in [-0.15, -0.1) is 0 Å². The fraction of sp³-hybridized carbons (Fsp3) is 0.192. The van der Waals surface area contributed by atoms with Crippen LogP contribution in [-0.4, -0.2) is 22.4 Å². The molecule has 0 saturated carbocycles. The number of hydrogen-bond acceptors (Lipinski definition) is 5. The second-order valence-corrected chi connectivity index (χ2v) is 8.74. The van der Waals surface area contributed by atoms with E-state index in [2.05, 4.69) is 51.9 Å². The van der Waals surface area contributed by atoms with Crippen molar-refractivity contribution in [1.29, 1.82) is 0 Å². The molecule has 160 valence electrons. The van der Waals surface area contributed by atoms with E-state index in [9.17, 15) is 4.79 Å². The summed E-state index contributed by atoms with van der Waals surface area (Å²) in [6.45, 7) is 6.21. The number of amides is 1. The lowest BCUT2D eigenvalue weighted by Crippen LogP contribution is -2.38. The Morgan fingerprint density at radius 2 is 1.97 bits per heavy atom. The van der Waals surface area contributed by atoms with Gasteiger partial charge in [0.05, 0.1) is 5.56 Å². The average Bonchev–Trinajstić information content (AvgIpc) is 2.79. The van der Waals surface area contributed by atoms with E-state index in [1.54, 1.807) is 24.5 Å². The zero-order chi connectivity index (χ0) is 22.1. The summed E-state index contributed by atoms with van der Waals surface area (Å²) in [4.78, 5) is 21.8. The van der Waals surface area contributed by atoms with Crippen LogP contribution in [0.4, 0.5) is 17.2 Å². The van der Waals surface area contributed by atoms with Crippen LogP contribution >= 0.6 is 0 Å². The first kappa shape index (κ1) is 20.2. The van der Waals surface area contributed by atoms with Gasteiger partial charge in [0.2, 0.25) is 0 Å². The molecule has 3 heterocycles. The maximum atomic E-state index is 13.2. The molecule has 2 aromatic heterocycles. The van der Waals surface area contributed by atoms with E-state index in [0.29, 0.717) is 11.4 Å². The Labute approximate surface area is 187 Å². The Morgan fingerprint density at radius 3 is 2.88 bits per heavy atom. The smallest absolute Gasteiger partial charge is 0.259 e. The fourth-order valence-corrected chi connectivity index (χ4v) is 4.33. The van der Waals surface area contributed by atoms with Gasteiger partial charge in [0.25, 0.3) is 5.91 Å². The molecule has 5 rings (SSSR count). The van der Waals surface area contributed by atoms with Crippen LogP contribution < -0.4 is 16.0 Å². The Morgan fingerprint density at radius 1 is 1.06 bits per heavy atom. The van der Waals surface area contributed by atoms with Crippen molar-refractivity contribution in [3.8, 4) is 0 Å². The van der Waals surface area contributed by atoms with E-state index in [0.717, 1.165) is 35.2 Å². The first-order valence-corrected chi connectivity index (χ1v) is 10.7. The van der Waals surface area contributed by atoms with E-state index in [1.165, 1.54) is 11.1 Å². The highest BCUT2D eigenvalue weighted by molar-refractivity contribution is 6.08. The number of hydrogen-bond donors (Lipinski definition) is 3. The van der Waals surface area contributed by atoms with Gasteiger partial charge >= 0.3 is 0 Å². The van der Waals surface area contributed by atoms with Crippen LogP contribution in [0.5, 0.6) is 0 Å². The number of carbonyl (C=O) groups excluding carboxylic acids is 1. The zero-order valence-electron chi connectivity index (χ0n) is 18.1. The first-order chi connectivity index (χ1) is 15.5. The maximum absolute atomic E-state index is 13.2. The molecule has 1 aliphatic rings. The molecule has 4 aromatic rings. The van der Waals surface area contributed by atoms with Gasteiger partial charge in [-0.25, -0.2) is 4.98 Å². The maximum Gasteiger partial charge on any atom is 0.259 e. The molecule has 6 heteroatoms. The van der Waals surface area contributed by atoms with Gasteiger partial charge in [0.15, 0.2) is 0 Å². The number of pyridine rings is 2. The summed E-state index contributed by atoms with van der Waals surface area (Å²) in [5.41, 5.74) is 4.75. The van der Waals surface area contributed by atoms with Crippen molar-refractivity contribution >= 4 is 33.9 Å². The van der Waals surface area contributed by atoms with Crippen LogP contribution in [0.15, 0.2) is 73.2 Å². The monoisotopic (exact) mass is 423 g/mol. The summed E-state index contributed by atoms with van der Waals surface area (Å²) in [6, 6.07) is 17.6. The number of benzene rings is 2. The first-order valence-electron chi connectivity index (χ1n) is 10.7. The molecule has 0 saturated heterocycles. The molecule has 2 aromatic carbocycles. The molecule has 0 bridgehead atoms. The molecule has 0 unspecified atom stereocenters. The van der Waals surface area contributed by atoms with Gasteiger partial charge in [0.1, 0.15) is 5.82 Å². The Bertz CT molecular complexity index is 1310. The van der Waals surface area contributed by atoms with E-state index >= 15 is 0 Å². The number of aromatic nitrogens is 2. The van der Waals surface area contributed by atoms with Crippen LogP contribution in [0.25, 0.3) is 10.8 Å². The van der Waals surface area contributed by atoms with Crippen molar-refractivity contribution in [1.82, 2.24) is 15.3 Å². The Kier molecular flexibility index (Phi) is 5.07. The molecule has 3 N–H and O–H groups in total. The fourth-order valence-electron chi connectivity index (χ4n) is 4.33. The quantitative estimate of drug-likeness (QED) is 0.430. The minimum Gasteiger partial charge on any atom is -0.339 e. The number of rotatable bonds is 4. The van der Waals surface area contributed by atoms with Crippen LogP contribution in [-0.2, 0) is 12.0 Å². The minimum atomic E-state index is -0.203. The Hall–Kier alpha value is -3.77. The molecular formula is C26H25N5O. The largest absolute Gasteiger partial charge is 0.339 e. The van der Waals surface area contributed by atoms with E-state index in [-0.39, 0.29) is 11.3 Å². The van der Waals surface area contributed by atoms with Gasteiger partial charge in [0, 0.05) is 59.2 Å². The molecule has 0 atom stereocenters. The molecule has 0 aliphatic carbocycles. The molecule has 6 nitrogen and oxygen atoms in total. The van der Waals surface area contributed by atoms with Gasteiger partial charge in [-0.2, -0.15) is 0 Å². The predicted octanol–water partition coefficient (Wildman–Crippen LogP) is 5.01. The summed E-state index contributed by atoms with van der Waals surface area (Å²) in [6.07, 6.45) is 5.25. The summed E-state index contributed by atoms with van der Waals surface area (Å²) in [5, 5.41) is 11.9. The van der Waals surface area contributed by atoms with Gasteiger partial charge in [-0.05, 0) is 47.5 Å². The topological polar surface area (TPSA) is 78.9 Å². The minimum absolute atomic E-state index is 0.0739. The molecule has 0 spiro atoms. The van der Waals surface area contributed by atoms with Crippen molar-refractivity contribution in [2.45, 2.75) is 25.8 Å². The zero-order valence-corrected chi connectivity index (χ0v) is 18.1. The molecule has 0 fully saturated rings. The van der Waals surface area contributed by atoms with Gasteiger partial charge < -0.3 is 16.0 Å². The number of nitrogens with one attached hydrogen (secondary N) is 3. The molecule has 32 heavy (non-hydrogen) atoms. The average molecular weight is 424 g/mol. The van der Waals surface area contributed by atoms with Crippen molar-refractivity contribution in [3.63, 3.8) is 0 Å². The highest BCUT2D eigenvalue weighted by Crippen LogP contribution is 2.32. The second kappa shape index (κ2) is 8.05. The summed E-state index contributed by atoms with van der Waals surface area (Å²) >= 11 is 0. The van der Waals surface area contributed by atoms with Crippen LogP contribution in [0.3, 0.4) is 0 Å². The standard InChI is InChI=1S/C26H25N5O/c1-26(2)16-28-15-18-13-19(8-9-22(18)26)30-25(32)21-6-4-11-29-24(21)31-23-7-3-5-17-14-27-12-10-20(17)23/h3-14,28H,15-16H2,1-2H3,(H,29,31)(H,30,32). The van der Waals surface area contributed by atoms with Crippen LogP contribution in [0, 0.1) is 0 Å². The van der Waals surface area contributed by atoms with Crippen molar-refractivity contribution in [3.05, 3.63) is 89.9 Å². The SMILES string of the molecule is CC1(C)CNCc2cc(NC(=O)c3cccnc3Nc3cccc4cnccc34)ccc21. The highest BCUT2D eigenvalue weighted by atomic mass is 16.1. The highest BCUT2D eigenvalue weighted by Gasteiger charge is 2.27. The summed E-state index contributed by atoms with van der Waals surface area (Å²) < 4.78 is 0. The Balaban J connectivity index is 1.42. The third-order valence-corrected chi connectivity index (χ3v) is 5.96. The van der Waals surface area contributed by atoms with Crippen LogP contribution in [0.2, 0.25) is 0 Å². The molecular weight excluding hydrogens is 398 g/mol. The lowest BCUT2D eigenvalue weighted by Gasteiger charge is -2.33.